The molecule has 1 saturated heterocycles. The molecule has 0 aromatic carbocycles. The summed E-state index contributed by atoms with van der Waals surface area (Å²) in [5.74, 6) is 2.79. The summed E-state index contributed by atoms with van der Waals surface area (Å²) in [5, 5.41) is 3.05. The van der Waals surface area contributed by atoms with E-state index in [-0.39, 0.29) is 0 Å². The van der Waals surface area contributed by atoms with Crippen LogP contribution in [0.25, 0.3) is 0 Å². The lowest BCUT2D eigenvalue weighted by molar-refractivity contribution is 0.476. The van der Waals surface area contributed by atoms with Gasteiger partial charge < -0.3 is 5.32 Å². The van der Waals surface area contributed by atoms with Crippen LogP contribution in [-0.4, -0.2) is 33.5 Å². The first-order chi connectivity index (χ1) is 9.53. The van der Waals surface area contributed by atoms with E-state index in [0.29, 0.717) is 23.9 Å². The van der Waals surface area contributed by atoms with Crippen LogP contribution in [0.2, 0.25) is 0 Å². The summed E-state index contributed by atoms with van der Waals surface area (Å²) in [6.45, 7) is 3.15. The molecule has 20 heavy (non-hydrogen) atoms. The van der Waals surface area contributed by atoms with E-state index in [2.05, 4.69) is 10.0 Å². The van der Waals surface area contributed by atoms with Gasteiger partial charge in [-0.15, -0.1) is 11.3 Å². The number of thiophene rings is 1. The molecule has 7 heteroatoms. The van der Waals surface area contributed by atoms with E-state index in [1.807, 2.05) is 25.7 Å². The van der Waals surface area contributed by atoms with Gasteiger partial charge in [-0.1, -0.05) is 0 Å². The van der Waals surface area contributed by atoms with Gasteiger partial charge in [-0.2, -0.15) is 11.8 Å². The fourth-order valence-electron chi connectivity index (χ4n) is 2.31. The summed E-state index contributed by atoms with van der Waals surface area (Å²) >= 11 is 3.50. The maximum absolute atomic E-state index is 12.4. The minimum Gasteiger partial charge on any atom is -0.315 e. The van der Waals surface area contributed by atoms with Gasteiger partial charge in [0, 0.05) is 22.8 Å². The molecule has 1 fully saturated rings. The van der Waals surface area contributed by atoms with Crippen molar-refractivity contribution in [2.75, 3.05) is 25.1 Å². The summed E-state index contributed by atoms with van der Waals surface area (Å²) < 4.78 is 27.6. The Morgan fingerprint density at radius 3 is 2.70 bits per heavy atom. The molecule has 0 bridgehead atoms. The Hall–Kier alpha value is -0.0800. The van der Waals surface area contributed by atoms with Gasteiger partial charge in [-0.3, -0.25) is 0 Å². The lowest BCUT2D eigenvalue weighted by atomic mass is 10.0. The summed E-state index contributed by atoms with van der Waals surface area (Å²) in [6, 6.07) is 1.79. The number of rotatable bonds is 6. The van der Waals surface area contributed by atoms with Crippen LogP contribution in [0.5, 0.6) is 0 Å². The predicted octanol–water partition coefficient (Wildman–Crippen LogP) is 2.20. The first kappa shape index (κ1) is 16.3. The van der Waals surface area contributed by atoms with E-state index in [1.165, 1.54) is 0 Å². The van der Waals surface area contributed by atoms with E-state index in [1.54, 1.807) is 17.4 Å². The third-order valence-corrected chi connectivity index (χ3v) is 7.24. The molecular formula is C13H22N2O2S3. The maximum atomic E-state index is 12.4. The SMILES string of the molecule is CNCc1cc(S(=O)(=O)NCC2CCSCC2)c(C)s1. The first-order valence-electron chi connectivity index (χ1n) is 6.84. The molecule has 0 radical (unpaired) electrons. The Balaban J connectivity index is 2.01. The van der Waals surface area contributed by atoms with Crippen LogP contribution in [0.15, 0.2) is 11.0 Å². The second kappa shape index (κ2) is 7.26. The molecule has 0 spiro atoms. The average molecular weight is 335 g/mol. The van der Waals surface area contributed by atoms with E-state index in [9.17, 15) is 8.42 Å². The Kier molecular flexibility index (Phi) is 5.92. The predicted molar refractivity (Wildman–Crippen MR) is 87.1 cm³/mol. The zero-order valence-corrected chi connectivity index (χ0v) is 14.4. The standard InChI is InChI=1S/C13H22N2O2S3/c1-10-13(7-12(19-10)9-14-2)20(16,17)15-8-11-3-5-18-6-4-11/h7,11,14-15H,3-6,8-9H2,1-2H3. The van der Waals surface area contributed by atoms with Crippen LogP contribution in [0, 0.1) is 12.8 Å². The lowest BCUT2D eigenvalue weighted by Crippen LogP contribution is -2.31. The van der Waals surface area contributed by atoms with Crippen molar-refractivity contribution in [2.24, 2.45) is 5.92 Å². The highest BCUT2D eigenvalue weighted by Gasteiger charge is 2.22. The van der Waals surface area contributed by atoms with Crippen molar-refractivity contribution in [3.8, 4) is 0 Å². The van der Waals surface area contributed by atoms with Crippen LogP contribution in [0.1, 0.15) is 22.6 Å². The number of hydrogen-bond donors (Lipinski definition) is 2. The molecule has 1 aromatic heterocycles. The van der Waals surface area contributed by atoms with Crippen molar-refractivity contribution in [3.63, 3.8) is 0 Å². The van der Waals surface area contributed by atoms with Crippen molar-refractivity contribution < 1.29 is 8.42 Å². The Bertz CT molecular complexity index is 534. The van der Waals surface area contributed by atoms with Crippen molar-refractivity contribution in [1.82, 2.24) is 10.0 Å². The molecule has 2 heterocycles. The number of hydrogen-bond acceptors (Lipinski definition) is 5. The van der Waals surface area contributed by atoms with Gasteiger partial charge in [0.25, 0.3) is 0 Å². The summed E-state index contributed by atoms with van der Waals surface area (Å²) in [5.41, 5.74) is 0. The van der Waals surface area contributed by atoms with Gasteiger partial charge in [0.05, 0.1) is 4.90 Å². The summed E-state index contributed by atoms with van der Waals surface area (Å²) in [6.07, 6.45) is 2.22. The van der Waals surface area contributed by atoms with E-state index >= 15 is 0 Å². The molecule has 4 nitrogen and oxygen atoms in total. The van der Waals surface area contributed by atoms with Gasteiger partial charge in [0.2, 0.25) is 10.0 Å². The van der Waals surface area contributed by atoms with Crippen LogP contribution >= 0.6 is 23.1 Å². The second-order valence-electron chi connectivity index (χ2n) is 5.07. The molecule has 0 unspecified atom stereocenters. The van der Waals surface area contributed by atoms with Crippen molar-refractivity contribution in [3.05, 3.63) is 15.8 Å². The molecule has 1 aliphatic rings. The molecule has 114 valence electrons. The van der Waals surface area contributed by atoms with Gasteiger partial charge in [-0.25, -0.2) is 13.1 Å². The molecule has 0 amide bonds. The molecule has 1 aromatic rings. The van der Waals surface area contributed by atoms with Crippen molar-refractivity contribution >= 4 is 33.1 Å². The zero-order chi connectivity index (χ0) is 14.6. The molecule has 2 N–H and O–H groups in total. The van der Waals surface area contributed by atoms with E-state index in [4.69, 9.17) is 0 Å². The van der Waals surface area contributed by atoms with Gasteiger partial charge in [0.15, 0.2) is 0 Å². The minimum atomic E-state index is -3.36. The minimum absolute atomic E-state index is 0.443. The molecule has 1 aliphatic heterocycles. The Morgan fingerprint density at radius 1 is 1.35 bits per heavy atom. The normalized spacial score (nSPS) is 17.5. The van der Waals surface area contributed by atoms with E-state index in [0.717, 1.165) is 34.1 Å². The largest absolute Gasteiger partial charge is 0.315 e. The van der Waals surface area contributed by atoms with Crippen LogP contribution in [0.3, 0.4) is 0 Å². The summed E-state index contributed by atoms with van der Waals surface area (Å²) in [7, 11) is -1.50. The van der Waals surface area contributed by atoms with Crippen molar-refractivity contribution in [1.29, 1.82) is 0 Å². The van der Waals surface area contributed by atoms with E-state index < -0.39 is 10.0 Å². The highest BCUT2D eigenvalue weighted by molar-refractivity contribution is 7.99. The summed E-state index contributed by atoms with van der Waals surface area (Å²) in [4.78, 5) is 2.36. The van der Waals surface area contributed by atoms with Gasteiger partial charge in [0.1, 0.15) is 0 Å². The quantitative estimate of drug-likeness (QED) is 0.837. The Labute approximate surface area is 129 Å². The van der Waals surface area contributed by atoms with Crippen LogP contribution in [-0.2, 0) is 16.6 Å². The smallest absolute Gasteiger partial charge is 0.241 e. The fourth-order valence-corrected chi connectivity index (χ4v) is 6.27. The fraction of sp³-hybridized carbons (Fsp3) is 0.692. The number of thioether (sulfide) groups is 1. The van der Waals surface area contributed by atoms with Gasteiger partial charge >= 0.3 is 0 Å². The Morgan fingerprint density at radius 2 is 2.05 bits per heavy atom. The van der Waals surface area contributed by atoms with Crippen molar-refractivity contribution in [2.45, 2.75) is 31.2 Å². The molecule has 2 rings (SSSR count). The number of aryl methyl sites for hydroxylation is 1. The first-order valence-corrected chi connectivity index (χ1v) is 10.3. The third-order valence-electron chi connectivity index (χ3n) is 3.47. The van der Waals surface area contributed by atoms with Gasteiger partial charge in [-0.05, 0) is 50.3 Å². The second-order valence-corrected chi connectivity index (χ2v) is 9.37. The van der Waals surface area contributed by atoms with Crippen LogP contribution < -0.4 is 10.0 Å². The maximum Gasteiger partial charge on any atom is 0.241 e. The topological polar surface area (TPSA) is 58.2 Å². The average Bonchev–Trinajstić information content (AvgIpc) is 2.80. The molecule has 0 saturated carbocycles. The third kappa shape index (κ3) is 4.21. The highest BCUT2D eigenvalue weighted by Crippen LogP contribution is 2.26. The lowest BCUT2D eigenvalue weighted by Gasteiger charge is -2.21. The molecule has 0 aliphatic carbocycles. The molecular weight excluding hydrogens is 312 g/mol. The number of nitrogens with one attached hydrogen (secondary N) is 2. The highest BCUT2D eigenvalue weighted by atomic mass is 32.2. The number of sulfonamides is 1. The van der Waals surface area contributed by atoms with Crippen LogP contribution in [0.4, 0.5) is 0 Å². The monoisotopic (exact) mass is 334 g/mol. The molecule has 0 atom stereocenters. The zero-order valence-electron chi connectivity index (χ0n) is 11.9.